The number of esters is 1. The monoisotopic (exact) mass is 316 g/mol. The van der Waals surface area contributed by atoms with Gasteiger partial charge in [0.1, 0.15) is 5.82 Å². The second-order valence-corrected chi connectivity index (χ2v) is 4.94. The third-order valence-corrected chi connectivity index (χ3v) is 3.59. The second kappa shape index (κ2) is 6.17. The number of anilines is 1. The predicted molar refractivity (Wildman–Crippen MR) is 74.6 cm³/mol. The van der Waals surface area contributed by atoms with Gasteiger partial charge in [-0.1, -0.05) is 11.6 Å². The standard InChI is InChI=1S/C13H14ClFN2O4/c1-21-12(18)8-6-9(14)11(10(15)7-8)16-2-4-17(5-3-16)13(19)20/h6-7H,2-5H2,1H3,(H,19,20). The Hall–Kier alpha value is -2.02. The Morgan fingerprint density at radius 2 is 1.90 bits per heavy atom. The van der Waals surface area contributed by atoms with Gasteiger partial charge < -0.3 is 19.6 Å². The lowest BCUT2D eigenvalue weighted by Gasteiger charge is -2.35. The Balaban J connectivity index is 2.22. The highest BCUT2D eigenvalue weighted by Crippen LogP contribution is 2.31. The molecule has 1 aromatic carbocycles. The van der Waals surface area contributed by atoms with Crippen LogP contribution in [-0.2, 0) is 4.74 Å². The number of rotatable bonds is 2. The highest BCUT2D eigenvalue weighted by Gasteiger charge is 2.25. The predicted octanol–water partition coefficient (Wildman–Crippen LogP) is 2.07. The molecule has 8 heteroatoms. The summed E-state index contributed by atoms with van der Waals surface area (Å²) in [7, 11) is 1.20. The lowest BCUT2D eigenvalue weighted by Crippen LogP contribution is -2.48. The molecule has 1 fully saturated rings. The molecule has 1 heterocycles. The zero-order chi connectivity index (χ0) is 15.6. The van der Waals surface area contributed by atoms with Crippen LogP contribution in [0.4, 0.5) is 14.9 Å². The number of amides is 1. The van der Waals surface area contributed by atoms with E-state index in [2.05, 4.69) is 4.74 Å². The minimum Gasteiger partial charge on any atom is -0.465 e. The first-order chi connectivity index (χ1) is 9.93. The van der Waals surface area contributed by atoms with Crippen molar-refractivity contribution in [2.75, 3.05) is 38.2 Å². The summed E-state index contributed by atoms with van der Waals surface area (Å²) in [5.41, 5.74) is 0.210. The van der Waals surface area contributed by atoms with Gasteiger partial charge in [-0.05, 0) is 12.1 Å². The Morgan fingerprint density at radius 1 is 1.29 bits per heavy atom. The van der Waals surface area contributed by atoms with Crippen molar-refractivity contribution in [2.45, 2.75) is 0 Å². The molecule has 0 unspecified atom stereocenters. The van der Waals surface area contributed by atoms with Crippen LogP contribution in [0.3, 0.4) is 0 Å². The van der Waals surface area contributed by atoms with Crippen molar-refractivity contribution in [3.05, 3.63) is 28.5 Å². The zero-order valence-electron chi connectivity index (χ0n) is 11.3. The van der Waals surface area contributed by atoms with Gasteiger partial charge in [-0.25, -0.2) is 14.0 Å². The molecule has 1 saturated heterocycles. The zero-order valence-corrected chi connectivity index (χ0v) is 12.1. The molecule has 1 aliphatic rings. The fourth-order valence-corrected chi connectivity index (χ4v) is 2.55. The summed E-state index contributed by atoms with van der Waals surface area (Å²) in [5.74, 6) is -1.30. The molecule has 1 aromatic rings. The Morgan fingerprint density at radius 3 is 2.38 bits per heavy atom. The average molecular weight is 317 g/mol. The van der Waals surface area contributed by atoms with Crippen LogP contribution in [0.15, 0.2) is 12.1 Å². The molecule has 21 heavy (non-hydrogen) atoms. The van der Waals surface area contributed by atoms with Crippen LogP contribution < -0.4 is 4.90 Å². The van der Waals surface area contributed by atoms with Gasteiger partial charge in [0.05, 0.1) is 23.4 Å². The molecule has 6 nitrogen and oxygen atoms in total. The summed E-state index contributed by atoms with van der Waals surface area (Å²) in [6.45, 7) is 1.20. The van der Waals surface area contributed by atoms with Crippen LogP contribution in [0, 0.1) is 5.82 Å². The van der Waals surface area contributed by atoms with Crippen LogP contribution in [0.25, 0.3) is 0 Å². The molecule has 114 valence electrons. The molecule has 1 amide bonds. The van der Waals surface area contributed by atoms with E-state index in [1.807, 2.05) is 0 Å². The van der Waals surface area contributed by atoms with Crippen LogP contribution in [0.5, 0.6) is 0 Å². The number of piperazine rings is 1. The molecule has 0 atom stereocenters. The van der Waals surface area contributed by atoms with E-state index >= 15 is 0 Å². The maximum atomic E-state index is 14.2. The molecule has 1 N–H and O–H groups in total. The number of benzene rings is 1. The summed E-state index contributed by atoms with van der Waals surface area (Å²) in [4.78, 5) is 25.2. The summed E-state index contributed by atoms with van der Waals surface area (Å²) in [6, 6.07) is 2.41. The highest BCUT2D eigenvalue weighted by molar-refractivity contribution is 6.33. The smallest absolute Gasteiger partial charge is 0.407 e. The quantitative estimate of drug-likeness (QED) is 0.846. The Labute approximate surface area is 125 Å². The third kappa shape index (κ3) is 3.18. The number of hydrogen-bond donors (Lipinski definition) is 1. The number of carbonyl (C=O) groups excluding carboxylic acids is 1. The van der Waals surface area contributed by atoms with E-state index in [0.717, 1.165) is 6.07 Å². The average Bonchev–Trinajstić information content (AvgIpc) is 2.46. The number of nitrogens with zero attached hydrogens (tertiary/aromatic N) is 2. The summed E-state index contributed by atoms with van der Waals surface area (Å²) >= 11 is 6.05. The molecule has 0 spiro atoms. The number of halogens is 2. The molecule has 1 aliphatic heterocycles. The molecule has 0 bridgehead atoms. The lowest BCUT2D eigenvalue weighted by molar-refractivity contribution is 0.0600. The molecule has 0 saturated carbocycles. The second-order valence-electron chi connectivity index (χ2n) is 4.54. The molecular weight excluding hydrogens is 303 g/mol. The first kappa shape index (κ1) is 15.4. The van der Waals surface area contributed by atoms with Crippen molar-refractivity contribution in [3.8, 4) is 0 Å². The van der Waals surface area contributed by atoms with E-state index in [0.29, 0.717) is 13.1 Å². The molecule has 2 rings (SSSR count). The number of carbonyl (C=O) groups is 2. The molecule has 0 aliphatic carbocycles. The van der Waals surface area contributed by atoms with Crippen LogP contribution >= 0.6 is 11.6 Å². The van der Waals surface area contributed by atoms with Crippen molar-refractivity contribution < 1.29 is 23.8 Å². The lowest BCUT2D eigenvalue weighted by atomic mass is 10.1. The van der Waals surface area contributed by atoms with Gasteiger partial charge in [-0.2, -0.15) is 0 Å². The van der Waals surface area contributed by atoms with E-state index < -0.39 is 17.9 Å². The SMILES string of the molecule is COC(=O)c1cc(F)c(N2CCN(C(=O)O)CC2)c(Cl)c1. The van der Waals surface area contributed by atoms with Crippen LogP contribution in [-0.4, -0.2) is 55.4 Å². The fourth-order valence-electron chi connectivity index (χ4n) is 2.22. The highest BCUT2D eigenvalue weighted by atomic mass is 35.5. The van der Waals surface area contributed by atoms with Gasteiger partial charge in [0.2, 0.25) is 0 Å². The van der Waals surface area contributed by atoms with Crippen molar-refractivity contribution in [2.24, 2.45) is 0 Å². The minimum absolute atomic E-state index is 0.0351. The summed E-state index contributed by atoms with van der Waals surface area (Å²) in [5, 5.41) is 8.98. The largest absolute Gasteiger partial charge is 0.465 e. The van der Waals surface area contributed by atoms with E-state index in [4.69, 9.17) is 16.7 Å². The van der Waals surface area contributed by atoms with Gasteiger partial charge in [-0.15, -0.1) is 0 Å². The van der Waals surface area contributed by atoms with Gasteiger partial charge in [-0.3, -0.25) is 0 Å². The van der Waals surface area contributed by atoms with Gasteiger partial charge in [0.15, 0.2) is 0 Å². The Bertz CT molecular complexity index is 550. The van der Waals surface area contributed by atoms with Crippen molar-refractivity contribution in [1.29, 1.82) is 0 Å². The van der Waals surface area contributed by atoms with Crippen molar-refractivity contribution in [3.63, 3.8) is 0 Å². The molecule has 0 aromatic heterocycles. The van der Waals surface area contributed by atoms with E-state index in [1.165, 1.54) is 18.1 Å². The van der Waals surface area contributed by atoms with E-state index in [-0.39, 0.29) is 29.4 Å². The molecule has 0 radical (unpaired) electrons. The Kier molecular flexibility index (Phi) is 4.52. The normalized spacial score (nSPS) is 15.0. The maximum absolute atomic E-state index is 14.2. The third-order valence-electron chi connectivity index (χ3n) is 3.30. The van der Waals surface area contributed by atoms with Gasteiger partial charge in [0.25, 0.3) is 0 Å². The van der Waals surface area contributed by atoms with Crippen molar-refractivity contribution in [1.82, 2.24) is 4.90 Å². The first-order valence-electron chi connectivity index (χ1n) is 6.24. The number of hydrogen-bond acceptors (Lipinski definition) is 4. The fraction of sp³-hybridized carbons (Fsp3) is 0.385. The molecular formula is C13H14ClFN2O4. The number of carboxylic acid groups (broad SMARTS) is 1. The first-order valence-corrected chi connectivity index (χ1v) is 6.62. The van der Waals surface area contributed by atoms with E-state index in [1.54, 1.807) is 4.90 Å². The van der Waals surface area contributed by atoms with E-state index in [9.17, 15) is 14.0 Å². The van der Waals surface area contributed by atoms with Crippen LogP contribution in [0.1, 0.15) is 10.4 Å². The van der Waals surface area contributed by atoms with Gasteiger partial charge in [0, 0.05) is 26.2 Å². The maximum Gasteiger partial charge on any atom is 0.407 e. The number of ether oxygens (including phenoxy) is 1. The summed E-state index contributed by atoms with van der Waals surface area (Å²) in [6.07, 6.45) is -0.998. The minimum atomic E-state index is -0.998. The van der Waals surface area contributed by atoms with Crippen LogP contribution in [0.2, 0.25) is 5.02 Å². The summed E-state index contributed by atoms with van der Waals surface area (Å²) < 4.78 is 18.7. The topological polar surface area (TPSA) is 70.1 Å². The number of methoxy groups -OCH3 is 1. The van der Waals surface area contributed by atoms with Gasteiger partial charge >= 0.3 is 12.1 Å². The van der Waals surface area contributed by atoms with Crippen molar-refractivity contribution >= 4 is 29.4 Å².